The molecule has 0 aliphatic heterocycles. The van der Waals surface area contributed by atoms with Gasteiger partial charge >= 0.3 is 0 Å². The molecule has 0 aliphatic rings. The fourth-order valence-electron chi connectivity index (χ4n) is 1.98. The highest BCUT2D eigenvalue weighted by molar-refractivity contribution is 14.1. The lowest BCUT2D eigenvalue weighted by molar-refractivity contribution is -0.115. The molecule has 1 amide bonds. The van der Waals surface area contributed by atoms with Gasteiger partial charge in [-0.05, 0) is 82.8 Å². The molecular formula is C18H17IN2O3S. The van der Waals surface area contributed by atoms with Gasteiger partial charge in [-0.1, -0.05) is 6.07 Å². The summed E-state index contributed by atoms with van der Waals surface area (Å²) in [5, 5.41) is 5.80. The summed E-state index contributed by atoms with van der Waals surface area (Å²) in [7, 11) is 3.13. The smallest absolute Gasteiger partial charge is 0.250 e. The average Bonchev–Trinajstić information content (AvgIpc) is 2.61. The van der Waals surface area contributed by atoms with E-state index in [9.17, 15) is 4.79 Å². The Morgan fingerprint density at radius 3 is 2.40 bits per heavy atom. The topological polar surface area (TPSA) is 59.6 Å². The lowest BCUT2D eigenvalue weighted by Gasteiger charge is -2.08. The number of carbonyl (C=O) groups excluding carboxylic acids is 1. The number of nitrogens with one attached hydrogen (secondary N) is 2. The van der Waals surface area contributed by atoms with Gasteiger partial charge in [-0.25, -0.2) is 0 Å². The van der Waals surface area contributed by atoms with Crippen LogP contribution >= 0.6 is 34.8 Å². The van der Waals surface area contributed by atoms with Gasteiger partial charge in [0.25, 0.3) is 0 Å². The van der Waals surface area contributed by atoms with Gasteiger partial charge in [-0.3, -0.25) is 10.1 Å². The van der Waals surface area contributed by atoms with Crippen LogP contribution < -0.4 is 20.1 Å². The number of rotatable bonds is 5. The number of thiocarbonyl (C=S) groups is 1. The molecule has 0 bridgehead atoms. The molecule has 0 aliphatic carbocycles. The highest BCUT2D eigenvalue weighted by atomic mass is 127. The molecule has 0 saturated carbocycles. The zero-order valence-corrected chi connectivity index (χ0v) is 16.7. The third-order valence-electron chi connectivity index (χ3n) is 3.17. The van der Waals surface area contributed by atoms with Gasteiger partial charge in [0.2, 0.25) is 5.91 Å². The van der Waals surface area contributed by atoms with Gasteiger partial charge in [0.15, 0.2) is 16.6 Å². The minimum atomic E-state index is -0.321. The molecule has 25 heavy (non-hydrogen) atoms. The van der Waals surface area contributed by atoms with Crippen LogP contribution in [0.15, 0.2) is 48.5 Å². The second-order valence-corrected chi connectivity index (χ2v) is 6.55. The lowest BCUT2D eigenvalue weighted by Crippen LogP contribution is -2.32. The van der Waals surface area contributed by atoms with Crippen LogP contribution in [0.25, 0.3) is 6.08 Å². The molecular weight excluding hydrogens is 451 g/mol. The van der Waals surface area contributed by atoms with Crippen molar-refractivity contribution >= 4 is 57.6 Å². The molecule has 0 atom stereocenters. The molecule has 130 valence electrons. The number of carbonyl (C=O) groups is 1. The van der Waals surface area contributed by atoms with E-state index in [0.29, 0.717) is 11.5 Å². The van der Waals surface area contributed by atoms with Gasteiger partial charge < -0.3 is 14.8 Å². The van der Waals surface area contributed by atoms with Crippen LogP contribution in [-0.4, -0.2) is 25.2 Å². The summed E-state index contributed by atoms with van der Waals surface area (Å²) in [6.07, 6.45) is 3.08. The third-order valence-corrected chi connectivity index (χ3v) is 4.10. The monoisotopic (exact) mass is 468 g/mol. The highest BCUT2D eigenvalue weighted by Crippen LogP contribution is 2.27. The van der Waals surface area contributed by atoms with Gasteiger partial charge in [0, 0.05) is 15.3 Å². The zero-order chi connectivity index (χ0) is 18.2. The number of amides is 1. The fraction of sp³-hybridized carbons (Fsp3) is 0.111. The van der Waals surface area contributed by atoms with Crippen molar-refractivity contribution in [3.05, 3.63) is 57.7 Å². The maximum absolute atomic E-state index is 12.0. The van der Waals surface area contributed by atoms with E-state index in [1.807, 2.05) is 30.3 Å². The highest BCUT2D eigenvalue weighted by Gasteiger charge is 2.04. The van der Waals surface area contributed by atoms with Crippen LogP contribution in [0.4, 0.5) is 5.69 Å². The Morgan fingerprint density at radius 2 is 1.76 bits per heavy atom. The summed E-state index contributed by atoms with van der Waals surface area (Å²) in [6, 6.07) is 13.1. The first-order valence-corrected chi connectivity index (χ1v) is 8.78. The molecule has 0 radical (unpaired) electrons. The Kier molecular flexibility index (Phi) is 7.20. The van der Waals surface area contributed by atoms with Gasteiger partial charge in [-0.2, -0.15) is 0 Å². The number of hydrogen-bond donors (Lipinski definition) is 2. The number of anilines is 1. The first-order chi connectivity index (χ1) is 12.0. The second kappa shape index (κ2) is 9.38. The number of benzene rings is 2. The quantitative estimate of drug-likeness (QED) is 0.397. The van der Waals surface area contributed by atoms with E-state index in [1.54, 1.807) is 32.4 Å². The zero-order valence-electron chi connectivity index (χ0n) is 13.7. The first kappa shape index (κ1) is 19.2. The summed E-state index contributed by atoms with van der Waals surface area (Å²) in [5.74, 6) is 0.908. The van der Waals surface area contributed by atoms with Crippen LogP contribution in [0, 0.1) is 3.57 Å². The second-order valence-electron chi connectivity index (χ2n) is 4.90. The van der Waals surface area contributed by atoms with E-state index in [4.69, 9.17) is 21.7 Å². The summed E-state index contributed by atoms with van der Waals surface area (Å²) >= 11 is 7.35. The third kappa shape index (κ3) is 6.02. The molecule has 0 unspecified atom stereocenters. The molecule has 0 heterocycles. The van der Waals surface area contributed by atoms with E-state index in [0.717, 1.165) is 14.8 Å². The standard InChI is InChI=1S/C18H17IN2O3S/c1-23-15-9-3-12(11-16(15)24-2)4-10-17(22)21-18(25)20-14-7-5-13(19)6-8-14/h3-11H,1-2H3,(H2,20,21,22,25). The maximum Gasteiger partial charge on any atom is 0.250 e. The summed E-state index contributed by atoms with van der Waals surface area (Å²) < 4.78 is 11.5. The van der Waals surface area contributed by atoms with Crippen molar-refractivity contribution in [3.8, 4) is 11.5 Å². The van der Waals surface area contributed by atoms with E-state index in [1.165, 1.54) is 6.08 Å². The van der Waals surface area contributed by atoms with E-state index >= 15 is 0 Å². The largest absolute Gasteiger partial charge is 0.493 e. The predicted octanol–water partition coefficient (Wildman–Crippen LogP) is 3.83. The first-order valence-electron chi connectivity index (χ1n) is 7.29. The van der Waals surface area contributed by atoms with Crippen LogP contribution in [0.5, 0.6) is 11.5 Å². The Labute approximate surface area is 165 Å². The molecule has 0 spiro atoms. The normalized spacial score (nSPS) is 10.4. The average molecular weight is 468 g/mol. The molecule has 5 nitrogen and oxygen atoms in total. The minimum Gasteiger partial charge on any atom is -0.493 e. The minimum absolute atomic E-state index is 0.239. The predicted molar refractivity (Wildman–Crippen MR) is 112 cm³/mol. The lowest BCUT2D eigenvalue weighted by atomic mass is 10.2. The van der Waals surface area contributed by atoms with Crippen LogP contribution in [-0.2, 0) is 4.79 Å². The van der Waals surface area contributed by atoms with Crippen molar-refractivity contribution in [3.63, 3.8) is 0 Å². The molecule has 7 heteroatoms. The van der Waals surface area contributed by atoms with Crippen molar-refractivity contribution in [1.82, 2.24) is 5.32 Å². The Bertz CT molecular complexity index is 791. The molecule has 2 aromatic rings. The van der Waals surface area contributed by atoms with Crippen molar-refractivity contribution in [2.24, 2.45) is 0 Å². The molecule has 2 aromatic carbocycles. The summed E-state index contributed by atoms with van der Waals surface area (Å²) in [5.41, 5.74) is 1.62. The van der Waals surface area contributed by atoms with Crippen molar-refractivity contribution in [2.45, 2.75) is 0 Å². The van der Waals surface area contributed by atoms with Gasteiger partial charge in [0.1, 0.15) is 0 Å². The summed E-state index contributed by atoms with van der Waals surface area (Å²) in [4.78, 5) is 12.0. The van der Waals surface area contributed by atoms with Crippen molar-refractivity contribution in [1.29, 1.82) is 0 Å². The molecule has 2 rings (SSSR count). The number of halogens is 1. The number of ether oxygens (including phenoxy) is 2. The number of methoxy groups -OCH3 is 2. The van der Waals surface area contributed by atoms with E-state index < -0.39 is 0 Å². The Balaban J connectivity index is 1.93. The number of hydrogen-bond acceptors (Lipinski definition) is 4. The SMILES string of the molecule is COc1ccc(C=CC(=O)NC(=S)Nc2ccc(I)cc2)cc1OC. The fourth-order valence-corrected chi connectivity index (χ4v) is 2.56. The van der Waals surface area contributed by atoms with E-state index in [-0.39, 0.29) is 11.0 Å². The summed E-state index contributed by atoms with van der Waals surface area (Å²) in [6.45, 7) is 0. The maximum atomic E-state index is 12.0. The molecule has 0 aromatic heterocycles. The van der Waals surface area contributed by atoms with Crippen LogP contribution in [0.3, 0.4) is 0 Å². The Morgan fingerprint density at radius 1 is 1.08 bits per heavy atom. The molecule has 0 fully saturated rings. The molecule has 2 N–H and O–H groups in total. The van der Waals surface area contributed by atoms with E-state index in [2.05, 4.69) is 33.2 Å². The van der Waals surface area contributed by atoms with Crippen molar-refractivity contribution in [2.75, 3.05) is 19.5 Å². The molecule has 0 saturated heterocycles. The Hall–Kier alpha value is -2.13. The van der Waals surface area contributed by atoms with Crippen molar-refractivity contribution < 1.29 is 14.3 Å². The van der Waals surface area contributed by atoms with Gasteiger partial charge in [-0.15, -0.1) is 0 Å². The van der Waals surface area contributed by atoms with Crippen LogP contribution in [0.1, 0.15) is 5.56 Å². The van der Waals surface area contributed by atoms with Crippen LogP contribution in [0.2, 0.25) is 0 Å². The van der Waals surface area contributed by atoms with Gasteiger partial charge in [0.05, 0.1) is 14.2 Å².